The van der Waals surface area contributed by atoms with Gasteiger partial charge in [-0.25, -0.2) is 4.79 Å². The summed E-state index contributed by atoms with van der Waals surface area (Å²) >= 11 is 8.94. The molecule has 186 valence electrons. The maximum Gasteiger partial charge on any atom is 0.341 e. The van der Waals surface area contributed by atoms with Crippen LogP contribution in [0.25, 0.3) is 0 Å². The maximum absolute atomic E-state index is 12.8. The molecule has 1 aliphatic carbocycles. The summed E-state index contributed by atoms with van der Waals surface area (Å²) in [7, 11) is 1.82. The van der Waals surface area contributed by atoms with Crippen molar-refractivity contribution in [1.29, 1.82) is 0 Å². The van der Waals surface area contributed by atoms with E-state index in [-0.39, 0.29) is 24.2 Å². The number of benzene rings is 1. The first-order valence-corrected chi connectivity index (χ1v) is 13.6. The molecule has 8 nitrogen and oxygen atoms in total. The normalized spacial score (nSPS) is 12.8. The number of aromatic nitrogens is 3. The van der Waals surface area contributed by atoms with Gasteiger partial charge in [-0.1, -0.05) is 29.4 Å². The Hall–Kier alpha value is -2.56. The van der Waals surface area contributed by atoms with Crippen LogP contribution >= 0.6 is 34.7 Å². The Morgan fingerprint density at radius 1 is 1.26 bits per heavy atom. The molecular formula is C24H27ClN4O4S2. The number of carbonyl (C=O) groups is 2. The topological polar surface area (TPSA) is 95.3 Å². The van der Waals surface area contributed by atoms with Crippen LogP contribution in [-0.4, -0.2) is 39.0 Å². The minimum atomic E-state index is -0.374. The van der Waals surface area contributed by atoms with Crippen molar-refractivity contribution >= 4 is 51.6 Å². The lowest BCUT2D eigenvalue weighted by molar-refractivity contribution is -0.113. The van der Waals surface area contributed by atoms with Gasteiger partial charge in [0, 0.05) is 11.9 Å². The highest BCUT2D eigenvalue weighted by Crippen LogP contribution is 2.38. The highest BCUT2D eigenvalue weighted by molar-refractivity contribution is 7.99. The van der Waals surface area contributed by atoms with E-state index in [0.717, 1.165) is 41.7 Å². The molecule has 11 heteroatoms. The first kappa shape index (κ1) is 25.5. The highest BCUT2D eigenvalue weighted by atomic mass is 35.5. The lowest BCUT2D eigenvalue weighted by atomic mass is 9.95. The molecule has 0 fully saturated rings. The molecule has 0 unspecified atom stereocenters. The molecule has 2 aromatic heterocycles. The molecule has 1 aromatic carbocycles. The van der Waals surface area contributed by atoms with Gasteiger partial charge in [-0.2, -0.15) is 0 Å². The number of esters is 1. The predicted molar refractivity (Wildman–Crippen MR) is 138 cm³/mol. The number of halogens is 1. The van der Waals surface area contributed by atoms with E-state index in [1.807, 2.05) is 26.1 Å². The molecule has 0 aliphatic heterocycles. The van der Waals surface area contributed by atoms with E-state index < -0.39 is 0 Å². The summed E-state index contributed by atoms with van der Waals surface area (Å²) in [5.41, 5.74) is 2.58. The minimum Gasteiger partial charge on any atom is -0.484 e. The number of fused-ring (bicyclic) bond motifs is 1. The molecule has 0 bridgehead atoms. The number of hydrogen-bond acceptors (Lipinski definition) is 8. The molecule has 35 heavy (non-hydrogen) atoms. The number of hydrogen-bond donors (Lipinski definition) is 1. The van der Waals surface area contributed by atoms with Gasteiger partial charge >= 0.3 is 5.97 Å². The van der Waals surface area contributed by atoms with Crippen molar-refractivity contribution in [3.8, 4) is 5.75 Å². The Kier molecular flexibility index (Phi) is 8.35. The van der Waals surface area contributed by atoms with Gasteiger partial charge in [0.1, 0.15) is 17.4 Å². The van der Waals surface area contributed by atoms with Crippen molar-refractivity contribution in [2.45, 2.75) is 51.3 Å². The Labute approximate surface area is 217 Å². The van der Waals surface area contributed by atoms with Crippen LogP contribution in [0.4, 0.5) is 5.00 Å². The molecule has 1 amide bonds. The number of nitrogens with zero attached hydrogens (tertiary/aromatic N) is 3. The Balaban J connectivity index is 1.38. The second kappa shape index (κ2) is 11.5. The summed E-state index contributed by atoms with van der Waals surface area (Å²) in [6.45, 7) is 4.23. The van der Waals surface area contributed by atoms with Crippen LogP contribution in [0.3, 0.4) is 0 Å². The van der Waals surface area contributed by atoms with Crippen LogP contribution in [0.2, 0.25) is 5.02 Å². The molecular weight excluding hydrogens is 508 g/mol. The minimum absolute atomic E-state index is 0.126. The van der Waals surface area contributed by atoms with E-state index in [2.05, 4.69) is 15.5 Å². The molecule has 3 aromatic rings. The monoisotopic (exact) mass is 534 g/mol. The van der Waals surface area contributed by atoms with Gasteiger partial charge in [0.2, 0.25) is 5.91 Å². The van der Waals surface area contributed by atoms with Crippen molar-refractivity contribution in [2.75, 3.05) is 17.7 Å². The Bertz CT molecular complexity index is 1240. The summed E-state index contributed by atoms with van der Waals surface area (Å²) < 4.78 is 12.9. The number of amides is 1. The van der Waals surface area contributed by atoms with Crippen LogP contribution in [0.15, 0.2) is 23.4 Å². The molecule has 2 heterocycles. The number of nitrogens with one attached hydrogen (secondary N) is 1. The van der Waals surface area contributed by atoms with Gasteiger partial charge in [-0.15, -0.1) is 21.5 Å². The van der Waals surface area contributed by atoms with Gasteiger partial charge in [0.25, 0.3) is 0 Å². The first-order valence-electron chi connectivity index (χ1n) is 11.4. The van der Waals surface area contributed by atoms with Crippen molar-refractivity contribution in [3.63, 3.8) is 0 Å². The summed E-state index contributed by atoms with van der Waals surface area (Å²) in [6.07, 6.45) is 3.89. The fraction of sp³-hybridized carbons (Fsp3) is 0.417. The van der Waals surface area contributed by atoms with Crippen LogP contribution in [0.5, 0.6) is 5.75 Å². The molecule has 0 radical (unpaired) electrons. The van der Waals surface area contributed by atoms with E-state index in [9.17, 15) is 9.59 Å². The van der Waals surface area contributed by atoms with Crippen LogP contribution in [0, 0.1) is 6.92 Å². The van der Waals surface area contributed by atoms with Crippen LogP contribution in [0.1, 0.15) is 52.0 Å². The first-order chi connectivity index (χ1) is 16.9. The van der Waals surface area contributed by atoms with Crippen LogP contribution < -0.4 is 10.1 Å². The quantitative estimate of drug-likeness (QED) is 0.297. The molecule has 1 aliphatic rings. The van der Waals surface area contributed by atoms with Gasteiger partial charge in [-0.3, -0.25) is 4.79 Å². The summed E-state index contributed by atoms with van der Waals surface area (Å²) in [5, 5.41) is 13.0. The second-order valence-electron chi connectivity index (χ2n) is 8.15. The molecule has 1 N–H and O–H groups in total. The third-order valence-electron chi connectivity index (χ3n) is 5.60. The lowest BCUT2D eigenvalue weighted by Crippen LogP contribution is -2.17. The third kappa shape index (κ3) is 5.99. The number of aryl methyl sites for hydroxylation is 2. The van der Waals surface area contributed by atoms with Gasteiger partial charge in [0.05, 0.1) is 22.9 Å². The standard InChI is InChI=1S/C24H27ClN4O4S2/c1-4-32-23(31)21-15-7-5-6-8-18(15)35-22(21)26-20(30)13-34-24-28-27-19(29(24)3)12-33-17-11-14(2)9-10-16(17)25/h9-11H,4-8,12-13H2,1-3H3,(H,26,30). The zero-order valence-corrected chi connectivity index (χ0v) is 22.2. The smallest absolute Gasteiger partial charge is 0.341 e. The molecule has 0 atom stereocenters. The van der Waals surface area contributed by atoms with E-state index in [4.69, 9.17) is 21.1 Å². The third-order valence-corrected chi connectivity index (χ3v) is 8.14. The number of carbonyl (C=O) groups excluding carboxylic acids is 2. The highest BCUT2D eigenvalue weighted by Gasteiger charge is 2.27. The van der Waals surface area contributed by atoms with Gasteiger partial charge in [-0.05, 0) is 62.8 Å². The van der Waals surface area contributed by atoms with Crippen molar-refractivity contribution < 1.29 is 19.1 Å². The Morgan fingerprint density at radius 2 is 2.06 bits per heavy atom. The molecule has 0 saturated carbocycles. The Morgan fingerprint density at radius 3 is 2.86 bits per heavy atom. The number of rotatable bonds is 9. The summed E-state index contributed by atoms with van der Waals surface area (Å²) in [6, 6.07) is 5.57. The average Bonchev–Trinajstić information content (AvgIpc) is 3.37. The van der Waals surface area contributed by atoms with Gasteiger partial charge < -0.3 is 19.4 Å². The fourth-order valence-electron chi connectivity index (χ4n) is 3.83. The SMILES string of the molecule is CCOC(=O)c1c(NC(=O)CSc2nnc(COc3cc(C)ccc3Cl)n2C)sc2c1CCCC2. The van der Waals surface area contributed by atoms with E-state index in [1.54, 1.807) is 17.6 Å². The molecule has 0 saturated heterocycles. The van der Waals surface area contributed by atoms with Gasteiger partial charge in [0.15, 0.2) is 11.0 Å². The average molecular weight is 535 g/mol. The molecule has 4 rings (SSSR count). The number of ether oxygens (including phenoxy) is 2. The maximum atomic E-state index is 12.8. The zero-order valence-electron chi connectivity index (χ0n) is 19.9. The summed E-state index contributed by atoms with van der Waals surface area (Å²) in [5.74, 6) is 0.731. The van der Waals surface area contributed by atoms with Crippen molar-refractivity contribution in [1.82, 2.24) is 14.8 Å². The number of thioether (sulfide) groups is 1. The number of thiophene rings is 1. The van der Waals surface area contributed by atoms with Crippen molar-refractivity contribution in [2.24, 2.45) is 7.05 Å². The summed E-state index contributed by atoms with van der Waals surface area (Å²) in [4.78, 5) is 26.5. The van der Waals surface area contributed by atoms with Crippen molar-refractivity contribution in [3.05, 3.63) is 50.6 Å². The van der Waals surface area contributed by atoms with Crippen LogP contribution in [-0.2, 0) is 36.0 Å². The van der Waals surface area contributed by atoms with E-state index in [1.165, 1.54) is 23.1 Å². The lowest BCUT2D eigenvalue weighted by Gasteiger charge is -2.12. The number of anilines is 1. The second-order valence-corrected chi connectivity index (χ2v) is 10.6. The fourth-order valence-corrected chi connectivity index (χ4v) is 6.02. The van der Waals surface area contributed by atoms with E-state index in [0.29, 0.717) is 38.9 Å². The molecule has 0 spiro atoms. The largest absolute Gasteiger partial charge is 0.484 e. The van der Waals surface area contributed by atoms with E-state index >= 15 is 0 Å². The zero-order chi connectivity index (χ0) is 24.9. The predicted octanol–water partition coefficient (Wildman–Crippen LogP) is 5.20.